The lowest BCUT2D eigenvalue weighted by Crippen LogP contribution is -2.26. The van der Waals surface area contributed by atoms with Crippen LogP contribution in [0.4, 0.5) is 0 Å². The van der Waals surface area contributed by atoms with Gasteiger partial charge in [-0.05, 0) is 31.9 Å². The minimum absolute atomic E-state index is 0.142. The second-order valence-corrected chi connectivity index (χ2v) is 6.16. The van der Waals surface area contributed by atoms with Gasteiger partial charge < -0.3 is 10.1 Å². The first-order valence-corrected chi connectivity index (χ1v) is 7.67. The van der Waals surface area contributed by atoms with Crippen LogP contribution >= 0.6 is 11.3 Å². The number of methoxy groups -OCH3 is 1. The monoisotopic (exact) mass is 290 g/mol. The second kappa shape index (κ2) is 6.97. The quantitative estimate of drug-likeness (QED) is 0.828. The van der Waals surface area contributed by atoms with Gasteiger partial charge in [0.05, 0.1) is 18.3 Å². The Labute approximate surface area is 125 Å². The van der Waals surface area contributed by atoms with Crippen LogP contribution in [0.25, 0.3) is 0 Å². The molecule has 0 spiro atoms. The van der Waals surface area contributed by atoms with Crippen LogP contribution in [0.5, 0.6) is 0 Å². The molecular formula is C16H22N2OS. The number of nitrogens with one attached hydrogen (secondary N) is 1. The first-order valence-electron chi connectivity index (χ1n) is 6.85. The van der Waals surface area contributed by atoms with Crippen LogP contribution in [0, 0.1) is 20.8 Å². The van der Waals surface area contributed by atoms with Gasteiger partial charge in [-0.1, -0.05) is 24.3 Å². The van der Waals surface area contributed by atoms with E-state index in [1.165, 1.54) is 16.0 Å². The van der Waals surface area contributed by atoms with Crippen molar-refractivity contribution >= 4 is 11.3 Å². The molecule has 1 heterocycles. The molecule has 3 nitrogen and oxygen atoms in total. The zero-order chi connectivity index (χ0) is 14.5. The van der Waals surface area contributed by atoms with E-state index < -0.39 is 0 Å². The van der Waals surface area contributed by atoms with Crippen molar-refractivity contribution in [2.24, 2.45) is 0 Å². The summed E-state index contributed by atoms with van der Waals surface area (Å²) in [6.07, 6.45) is 0. The van der Waals surface area contributed by atoms with Crippen molar-refractivity contribution in [1.29, 1.82) is 0 Å². The number of ether oxygens (including phenoxy) is 1. The van der Waals surface area contributed by atoms with E-state index in [1.54, 1.807) is 18.4 Å². The first kappa shape index (κ1) is 15.2. The number of hydrogen-bond donors (Lipinski definition) is 1. The second-order valence-electron chi connectivity index (χ2n) is 4.93. The minimum Gasteiger partial charge on any atom is -0.383 e. The third-order valence-corrected chi connectivity index (χ3v) is 4.58. The molecule has 108 valence electrons. The molecule has 0 saturated carbocycles. The molecule has 1 aromatic carbocycles. The smallest absolute Gasteiger partial charge is 0.115 e. The molecule has 4 heteroatoms. The molecule has 1 atom stereocenters. The Kier molecular flexibility index (Phi) is 5.29. The summed E-state index contributed by atoms with van der Waals surface area (Å²) in [7, 11) is 1.72. The molecule has 0 fully saturated rings. The van der Waals surface area contributed by atoms with Gasteiger partial charge in [-0.3, -0.25) is 0 Å². The Balaban J connectivity index is 2.31. The van der Waals surface area contributed by atoms with Crippen LogP contribution in [0.2, 0.25) is 0 Å². The SMILES string of the molecule is COCCNC(c1nc(C)c(C)s1)c1ccccc1C. The number of benzene rings is 1. The highest BCUT2D eigenvalue weighted by Crippen LogP contribution is 2.29. The van der Waals surface area contributed by atoms with Crippen molar-refractivity contribution in [1.82, 2.24) is 10.3 Å². The predicted octanol–water partition coefficient (Wildman–Crippen LogP) is 3.39. The summed E-state index contributed by atoms with van der Waals surface area (Å²) in [6.45, 7) is 7.85. The molecule has 0 saturated heterocycles. The fraction of sp³-hybridized carbons (Fsp3) is 0.438. The lowest BCUT2D eigenvalue weighted by Gasteiger charge is -2.19. The number of rotatable bonds is 6. The Morgan fingerprint density at radius 1 is 1.25 bits per heavy atom. The highest BCUT2D eigenvalue weighted by molar-refractivity contribution is 7.11. The molecule has 0 amide bonds. The lowest BCUT2D eigenvalue weighted by atomic mass is 10.0. The number of thiazole rings is 1. The van der Waals surface area contributed by atoms with E-state index in [-0.39, 0.29) is 6.04 Å². The van der Waals surface area contributed by atoms with Gasteiger partial charge in [0, 0.05) is 18.5 Å². The fourth-order valence-corrected chi connectivity index (χ4v) is 3.19. The van der Waals surface area contributed by atoms with Crippen LogP contribution in [-0.2, 0) is 4.74 Å². The standard InChI is InChI=1S/C16H22N2OS/c1-11-7-5-6-8-14(11)15(17-9-10-19-4)16-18-12(2)13(3)20-16/h5-8,15,17H,9-10H2,1-4H3. The van der Waals surface area contributed by atoms with Gasteiger partial charge in [-0.25, -0.2) is 4.98 Å². The molecule has 2 rings (SSSR count). The Hall–Kier alpha value is -1.23. The summed E-state index contributed by atoms with van der Waals surface area (Å²) >= 11 is 1.77. The van der Waals surface area contributed by atoms with Crippen molar-refractivity contribution in [2.75, 3.05) is 20.3 Å². The number of aryl methyl sites for hydroxylation is 3. The largest absolute Gasteiger partial charge is 0.383 e. The molecule has 0 radical (unpaired) electrons. The Morgan fingerprint density at radius 2 is 2.00 bits per heavy atom. The first-order chi connectivity index (χ1) is 9.63. The Morgan fingerprint density at radius 3 is 2.60 bits per heavy atom. The number of nitrogens with zero attached hydrogens (tertiary/aromatic N) is 1. The maximum absolute atomic E-state index is 5.14. The maximum atomic E-state index is 5.14. The van der Waals surface area contributed by atoms with Gasteiger partial charge in [0.2, 0.25) is 0 Å². The summed E-state index contributed by atoms with van der Waals surface area (Å²) in [4.78, 5) is 6.01. The Bertz CT molecular complexity index is 546. The molecule has 20 heavy (non-hydrogen) atoms. The number of aromatic nitrogens is 1. The lowest BCUT2D eigenvalue weighted by molar-refractivity contribution is 0.197. The summed E-state index contributed by atoms with van der Waals surface area (Å²) in [5, 5.41) is 4.69. The molecule has 1 aromatic heterocycles. The van der Waals surface area contributed by atoms with E-state index in [1.807, 2.05) is 0 Å². The van der Waals surface area contributed by atoms with Gasteiger partial charge in [0.1, 0.15) is 5.01 Å². The number of hydrogen-bond acceptors (Lipinski definition) is 4. The summed E-state index contributed by atoms with van der Waals surface area (Å²) < 4.78 is 5.14. The average Bonchev–Trinajstić information content (AvgIpc) is 2.76. The van der Waals surface area contributed by atoms with Gasteiger partial charge >= 0.3 is 0 Å². The molecule has 1 N–H and O–H groups in total. The molecule has 0 aliphatic rings. The van der Waals surface area contributed by atoms with Crippen LogP contribution in [-0.4, -0.2) is 25.2 Å². The molecule has 0 bridgehead atoms. The summed E-state index contributed by atoms with van der Waals surface area (Å²) in [6, 6.07) is 8.62. The summed E-state index contributed by atoms with van der Waals surface area (Å²) in [5.41, 5.74) is 3.70. The third kappa shape index (κ3) is 3.45. The van der Waals surface area contributed by atoms with Crippen molar-refractivity contribution in [3.8, 4) is 0 Å². The molecule has 1 unspecified atom stereocenters. The zero-order valence-corrected chi connectivity index (χ0v) is 13.4. The normalized spacial score (nSPS) is 12.6. The van der Waals surface area contributed by atoms with Gasteiger partial charge in [-0.2, -0.15) is 0 Å². The van der Waals surface area contributed by atoms with Crippen molar-refractivity contribution in [2.45, 2.75) is 26.8 Å². The molecule has 0 aliphatic carbocycles. The highest BCUT2D eigenvalue weighted by Gasteiger charge is 2.19. The zero-order valence-electron chi connectivity index (χ0n) is 12.6. The van der Waals surface area contributed by atoms with E-state index in [4.69, 9.17) is 9.72 Å². The van der Waals surface area contributed by atoms with Crippen LogP contribution in [0.3, 0.4) is 0 Å². The van der Waals surface area contributed by atoms with Gasteiger partial charge in [-0.15, -0.1) is 11.3 Å². The van der Waals surface area contributed by atoms with Crippen molar-refractivity contribution in [3.05, 3.63) is 51.0 Å². The average molecular weight is 290 g/mol. The van der Waals surface area contributed by atoms with Crippen molar-refractivity contribution in [3.63, 3.8) is 0 Å². The molecule has 2 aromatic rings. The van der Waals surface area contributed by atoms with E-state index >= 15 is 0 Å². The van der Waals surface area contributed by atoms with E-state index in [0.29, 0.717) is 6.61 Å². The third-order valence-electron chi connectivity index (χ3n) is 3.45. The molecular weight excluding hydrogens is 268 g/mol. The van der Waals surface area contributed by atoms with E-state index in [0.717, 1.165) is 17.2 Å². The fourth-order valence-electron chi connectivity index (χ4n) is 2.17. The molecule has 0 aliphatic heterocycles. The van der Waals surface area contributed by atoms with E-state index in [2.05, 4.69) is 50.4 Å². The minimum atomic E-state index is 0.142. The van der Waals surface area contributed by atoms with Gasteiger partial charge in [0.15, 0.2) is 0 Å². The van der Waals surface area contributed by atoms with Crippen LogP contribution < -0.4 is 5.32 Å². The topological polar surface area (TPSA) is 34.1 Å². The van der Waals surface area contributed by atoms with Crippen LogP contribution in [0.15, 0.2) is 24.3 Å². The summed E-state index contributed by atoms with van der Waals surface area (Å²) in [5.74, 6) is 0. The van der Waals surface area contributed by atoms with E-state index in [9.17, 15) is 0 Å². The highest BCUT2D eigenvalue weighted by atomic mass is 32.1. The van der Waals surface area contributed by atoms with Crippen LogP contribution in [0.1, 0.15) is 32.7 Å². The van der Waals surface area contributed by atoms with Gasteiger partial charge in [0.25, 0.3) is 0 Å². The predicted molar refractivity (Wildman–Crippen MR) is 84.5 cm³/mol. The maximum Gasteiger partial charge on any atom is 0.115 e. The van der Waals surface area contributed by atoms with Crippen molar-refractivity contribution < 1.29 is 4.74 Å².